The van der Waals surface area contributed by atoms with Crippen LogP contribution in [0.4, 0.5) is 0 Å². The Morgan fingerprint density at radius 3 is 2.65 bits per heavy atom. The molecule has 2 heterocycles. The first-order valence-electron chi connectivity index (χ1n) is 7.91. The minimum atomic E-state index is -1.45. The lowest BCUT2D eigenvalue weighted by atomic mass is 10.0. The molecule has 2 unspecified atom stereocenters. The smallest absolute Gasteiger partial charge is 0.352 e. The Kier molecular flexibility index (Phi) is 5.47. The molecule has 0 aliphatic carbocycles. The average Bonchev–Trinajstić information content (AvgIpc) is 2.60. The Balaban J connectivity index is 1.76. The van der Waals surface area contributed by atoms with Crippen molar-refractivity contribution in [2.45, 2.75) is 17.8 Å². The summed E-state index contributed by atoms with van der Waals surface area (Å²) in [5, 5.41) is 11.3. The van der Waals surface area contributed by atoms with E-state index in [1.807, 2.05) is 24.5 Å². The molecule has 1 saturated heterocycles. The van der Waals surface area contributed by atoms with E-state index in [-0.39, 0.29) is 23.8 Å². The van der Waals surface area contributed by atoms with E-state index in [1.54, 1.807) is 12.1 Å². The first kappa shape index (κ1) is 18.7. The average molecular weight is 394 g/mol. The second kappa shape index (κ2) is 7.63. The van der Waals surface area contributed by atoms with E-state index in [0.29, 0.717) is 11.3 Å². The van der Waals surface area contributed by atoms with Crippen LogP contribution in [0.1, 0.15) is 5.56 Å². The Morgan fingerprint density at radius 2 is 2.04 bits per heavy atom. The van der Waals surface area contributed by atoms with E-state index in [0.717, 1.165) is 10.5 Å². The van der Waals surface area contributed by atoms with Gasteiger partial charge in [0.2, 0.25) is 5.91 Å². The fraction of sp³-hybridized carbons (Fsp3) is 0.353. The van der Waals surface area contributed by atoms with Gasteiger partial charge in [-0.2, -0.15) is 11.8 Å². The summed E-state index contributed by atoms with van der Waals surface area (Å²) >= 11 is 1.41. The molecule has 2 amide bonds. The lowest BCUT2D eigenvalue weighted by molar-refractivity contribution is -0.150. The van der Waals surface area contributed by atoms with Crippen LogP contribution in [0.25, 0.3) is 0 Å². The molecule has 0 aromatic heterocycles. The quantitative estimate of drug-likeness (QED) is 0.675. The van der Waals surface area contributed by atoms with Crippen LogP contribution >= 0.6 is 11.8 Å². The number of thioether (sulfide) groups is 1. The normalized spacial score (nSPS) is 24.7. The highest BCUT2D eigenvalue weighted by molar-refractivity contribution is 7.98. The molecular formula is C17H18N2O5S2. The molecule has 9 heteroatoms. The molecule has 7 nitrogen and oxygen atoms in total. The van der Waals surface area contributed by atoms with E-state index < -0.39 is 34.1 Å². The summed E-state index contributed by atoms with van der Waals surface area (Å²) in [7, 11) is -1.45. The van der Waals surface area contributed by atoms with Crippen molar-refractivity contribution in [3.05, 3.63) is 47.2 Å². The van der Waals surface area contributed by atoms with Gasteiger partial charge < -0.3 is 10.4 Å². The molecular weight excluding hydrogens is 376 g/mol. The van der Waals surface area contributed by atoms with Crippen molar-refractivity contribution in [2.75, 3.05) is 17.8 Å². The summed E-state index contributed by atoms with van der Waals surface area (Å²) < 4.78 is 12.5. The molecule has 138 valence electrons. The van der Waals surface area contributed by atoms with Gasteiger partial charge in [0.05, 0.1) is 23.0 Å². The van der Waals surface area contributed by atoms with Crippen molar-refractivity contribution in [1.29, 1.82) is 0 Å². The third-order valence-electron chi connectivity index (χ3n) is 4.25. The van der Waals surface area contributed by atoms with Crippen molar-refractivity contribution in [3.63, 3.8) is 0 Å². The number of amides is 2. The number of benzene rings is 1. The third-order valence-corrected chi connectivity index (χ3v) is 6.54. The molecule has 0 spiro atoms. The van der Waals surface area contributed by atoms with E-state index in [2.05, 4.69) is 5.32 Å². The summed E-state index contributed by atoms with van der Waals surface area (Å²) in [6.45, 7) is 0. The molecule has 0 radical (unpaired) electrons. The number of nitrogens with one attached hydrogen (secondary N) is 1. The van der Waals surface area contributed by atoms with Crippen molar-refractivity contribution < 1.29 is 23.7 Å². The van der Waals surface area contributed by atoms with Crippen molar-refractivity contribution in [2.24, 2.45) is 0 Å². The fourth-order valence-electron chi connectivity index (χ4n) is 3.14. The van der Waals surface area contributed by atoms with Crippen LogP contribution < -0.4 is 5.32 Å². The predicted molar refractivity (Wildman–Crippen MR) is 98.8 cm³/mol. The maximum Gasteiger partial charge on any atom is 0.352 e. The molecule has 0 saturated carbocycles. The molecule has 1 fully saturated rings. The third kappa shape index (κ3) is 3.41. The number of aliphatic carboxylic acids is 1. The number of fused-ring (bicyclic) bond motifs is 1. The van der Waals surface area contributed by atoms with E-state index >= 15 is 0 Å². The molecule has 2 aliphatic heterocycles. The SMILES string of the molecule is CSCC1=C(C(=O)O)N2C(=O)C(NC(=O)Cc3ccccc3)[C@H]2S(=O)C1. The first-order chi connectivity index (χ1) is 12.4. The second-order valence-corrected chi connectivity index (χ2v) is 8.42. The highest BCUT2D eigenvalue weighted by atomic mass is 32.2. The lowest BCUT2D eigenvalue weighted by Gasteiger charge is -2.49. The van der Waals surface area contributed by atoms with Crippen LogP contribution in [0.2, 0.25) is 0 Å². The summed E-state index contributed by atoms with van der Waals surface area (Å²) in [5.41, 5.74) is 1.19. The topological polar surface area (TPSA) is 104 Å². The highest BCUT2D eigenvalue weighted by Gasteiger charge is 2.56. The number of hydrogen-bond donors (Lipinski definition) is 2. The van der Waals surface area contributed by atoms with Gasteiger partial charge in [-0.05, 0) is 17.4 Å². The van der Waals surface area contributed by atoms with Crippen molar-refractivity contribution in [1.82, 2.24) is 10.2 Å². The van der Waals surface area contributed by atoms with Crippen molar-refractivity contribution >= 4 is 40.3 Å². The number of β-lactam (4-membered cyclic amide) rings is 1. The Labute approximate surface area is 157 Å². The van der Waals surface area contributed by atoms with Crippen molar-refractivity contribution in [3.8, 4) is 0 Å². The number of carboxylic acids is 1. The molecule has 1 aromatic rings. The van der Waals surface area contributed by atoms with Gasteiger partial charge in [-0.1, -0.05) is 30.3 Å². The fourth-order valence-corrected chi connectivity index (χ4v) is 5.55. The first-order valence-corrected chi connectivity index (χ1v) is 10.7. The van der Waals surface area contributed by atoms with Gasteiger partial charge in [-0.3, -0.25) is 18.7 Å². The van der Waals surface area contributed by atoms with Gasteiger partial charge in [0, 0.05) is 5.75 Å². The number of nitrogens with zero attached hydrogens (tertiary/aromatic N) is 1. The van der Waals surface area contributed by atoms with Crippen LogP contribution in [0, 0.1) is 0 Å². The van der Waals surface area contributed by atoms with Gasteiger partial charge in [-0.15, -0.1) is 0 Å². The lowest BCUT2D eigenvalue weighted by Crippen LogP contribution is -2.73. The Hall–Kier alpha value is -2.13. The van der Waals surface area contributed by atoms with Gasteiger partial charge in [0.15, 0.2) is 0 Å². The van der Waals surface area contributed by atoms with E-state index in [4.69, 9.17) is 0 Å². The molecule has 0 bridgehead atoms. The second-order valence-electron chi connectivity index (χ2n) is 6.02. The zero-order chi connectivity index (χ0) is 18.8. The predicted octanol–water partition coefficient (Wildman–Crippen LogP) is 0.346. The van der Waals surface area contributed by atoms with Crippen LogP contribution in [-0.2, 0) is 31.6 Å². The van der Waals surface area contributed by atoms with Crippen LogP contribution in [0.5, 0.6) is 0 Å². The van der Waals surface area contributed by atoms with Crippen LogP contribution in [0.3, 0.4) is 0 Å². The van der Waals surface area contributed by atoms with Gasteiger partial charge in [0.25, 0.3) is 5.91 Å². The van der Waals surface area contributed by atoms with Gasteiger partial charge in [0.1, 0.15) is 17.1 Å². The molecule has 2 N–H and O–H groups in total. The molecule has 3 atom stereocenters. The highest BCUT2D eigenvalue weighted by Crippen LogP contribution is 2.35. The molecule has 1 aromatic carbocycles. The standard InChI is InChI=1S/C17H18N2O5S2/c1-25-8-11-9-26(24)16-13(15(21)19(16)14(11)17(22)23)18-12(20)7-10-5-3-2-4-6-10/h2-6,13,16H,7-9H2,1H3,(H,18,20)(H,22,23)/t13?,16-,26?/m1/s1. The van der Waals surface area contributed by atoms with Crippen LogP contribution in [0.15, 0.2) is 41.6 Å². The number of carbonyl (C=O) groups is 3. The zero-order valence-electron chi connectivity index (χ0n) is 14.0. The summed E-state index contributed by atoms with van der Waals surface area (Å²) in [6, 6.07) is 8.11. The number of rotatable bonds is 6. The minimum Gasteiger partial charge on any atom is -0.477 e. The molecule has 2 aliphatic rings. The number of carbonyl (C=O) groups excluding carboxylic acids is 2. The van der Waals surface area contributed by atoms with E-state index in [1.165, 1.54) is 11.8 Å². The monoisotopic (exact) mass is 394 g/mol. The van der Waals surface area contributed by atoms with E-state index in [9.17, 15) is 23.7 Å². The maximum absolute atomic E-state index is 12.5. The van der Waals surface area contributed by atoms with Gasteiger partial charge in [-0.25, -0.2) is 4.79 Å². The summed E-state index contributed by atoms with van der Waals surface area (Å²) in [4.78, 5) is 37.4. The minimum absolute atomic E-state index is 0.0949. The van der Waals surface area contributed by atoms with Crippen LogP contribution in [-0.4, -0.2) is 61.2 Å². The Morgan fingerprint density at radius 1 is 1.35 bits per heavy atom. The maximum atomic E-state index is 12.5. The zero-order valence-corrected chi connectivity index (χ0v) is 15.6. The molecule has 3 rings (SSSR count). The summed E-state index contributed by atoms with van der Waals surface area (Å²) in [6.07, 6.45) is 1.91. The van der Waals surface area contributed by atoms with Gasteiger partial charge >= 0.3 is 5.97 Å². The largest absolute Gasteiger partial charge is 0.477 e. The number of hydrogen-bond acceptors (Lipinski definition) is 5. The summed E-state index contributed by atoms with van der Waals surface area (Å²) in [5.74, 6) is -1.60. The number of carboxylic acid groups (broad SMARTS) is 1. The molecule has 26 heavy (non-hydrogen) atoms. The Bertz CT molecular complexity index is 809.